The van der Waals surface area contributed by atoms with Crippen LogP contribution < -0.4 is 0 Å². The Kier molecular flexibility index (Phi) is 10.2. The lowest BCUT2D eigenvalue weighted by molar-refractivity contribution is -0.148. The van der Waals surface area contributed by atoms with Crippen LogP contribution in [0.25, 0.3) is 0 Å². The Bertz CT molecular complexity index is 650. The fourth-order valence-electron chi connectivity index (χ4n) is 4.68. The van der Waals surface area contributed by atoms with Gasteiger partial charge in [0, 0.05) is 25.7 Å². The van der Waals surface area contributed by atoms with Crippen molar-refractivity contribution >= 4 is 11.9 Å². The van der Waals surface area contributed by atoms with Gasteiger partial charge in [-0.05, 0) is 51.4 Å². The molecule has 0 aromatic carbocycles. The molecule has 1 saturated heterocycles. The molecule has 1 N–H and O–H groups in total. The van der Waals surface area contributed by atoms with E-state index in [9.17, 15) is 14.7 Å². The van der Waals surface area contributed by atoms with Crippen LogP contribution in [0.1, 0.15) is 72.6 Å². The molecule has 0 spiro atoms. The van der Waals surface area contributed by atoms with E-state index in [-0.39, 0.29) is 48.0 Å². The van der Waals surface area contributed by atoms with Crippen LogP contribution in [0.2, 0.25) is 0 Å². The fraction of sp³-hybridized carbons (Fsp3) is 0.760. The van der Waals surface area contributed by atoms with E-state index in [4.69, 9.17) is 9.47 Å². The van der Waals surface area contributed by atoms with Gasteiger partial charge in [0.15, 0.2) is 0 Å². The highest BCUT2D eigenvalue weighted by Crippen LogP contribution is 2.46. The van der Waals surface area contributed by atoms with Gasteiger partial charge in [0.25, 0.3) is 0 Å². The topological polar surface area (TPSA) is 82.1 Å². The smallest absolute Gasteiger partial charge is 0.305 e. The van der Waals surface area contributed by atoms with Crippen LogP contribution in [-0.2, 0) is 23.8 Å². The lowest BCUT2D eigenvalue weighted by atomic mass is 9.88. The molecule has 2 fully saturated rings. The number of allylic oxidation sites excluding steroid dienone is 2. The van der Waals surface area contributed by atoms with Crippen molar-refractivity contribution in [1.82, 2.24) is 0 Å². The van der Waals surface area contributed by atoms with Crippen molar-refractivity contribution in [1.29, 1.82) is 0 Å². The molecular formula is C25H40O6. The van der Waals surface area contributed by atoms with E-state index in [2.05, 4.69) is 24.7 Å². The number of carbonyl (C=O) groups is 2. The van der Waals surface area contributed by atoms with Crippen molar-refractivity contribution in [3.63, 3.8) is 0 Å². The summed E-state index contributed by atoms with van der Waals surface area (Å²) >= 11 is 0. The quantitative estimate of drug-likeness (QED) is 0.294. The molecule has 31 heavy (non-hydrogen) atoms. The second kappa shape index (κ2) is 12.4. The van der Waals surface area contributed by atoms with Gasteiger partial charge in [-0.2, -0.15) is 0 Å². The molecule has 2 aliphatic rings. The first-order valence-electron chi connectivity index (χ1n) is 11.6. The zero-order chi connectivity index (χ0) is 23.0. The Labute approximate surface area is 187 Å². The summed E-state index contributed by atoms with van der Waals surface area (Å²) in [4.78, 5) is 22.9. The largest absolute Gasteiger partial charge is 0.469 e. The van der Waals surface area contributed by atoms with Gasteiger partial charge in [-0.25, -0.2) is 0 Å². The summed E-state index contributed by atoms with van der Waals surface area (Å²) in [5, 5.41) is 10.6. The Morgan fingerprint density at radius 3 is 2.58 bits per heavy atom. The summed E-state index contributed by atoms with van der Waals surface area (Å²) in [6, 6.07) is 0. The van der Waals surface area contributed by atoms with E-state index in [1.54, 1.807) is 0 Å². The van der Waals surface area contributed by atoms with E-state index in [1.807, 2.05) is 19.1 Å². The van der Waals surface area contributed by atoms with Gasteiger partial charge in [0.2, 0.25) is 0 Å². The maximum absolute atomic E-state index is 11.6. The van der Waals surface area contributed by atoms with Gasteiger partial charge < -0.3 is 19.3 Å². The normalized spacial score (nSPS) is 29.4. The third-order valence-corrected chi connectivity index (χ3v) is 6.48. The maximum atomic E-state index is 11.6. The number of hydrogen-bond donors (Lipinski definition) is 1. The summed E-state index contributed by atoms with van der Waals surface area (Å²) in [6.07, 6.45) is 11.1. The molecule has 1 aliphatic carbocycles. The second-order valence-electron chi connectivity index (χ2n) is 9.35. The van der Waals surface area contributed by atoms with Crippen molar-refractivity contribution in [2.75, 3.05) is 7.11 Å². The first-order chi connectivity index (χ1) is 14.7. The summed E-state index contributed by atoms with van der Waals surface area (Å²) in [7, 11) is 1.41. The zero-order valence-corrected chi connectivity index (χ0v) is 19.7. The molecule has 2 rings (SSSR count). The van der Waals surface area contributed by atoms with E-state index in [0.29, 0.717) is 12.8 Å². The molecule has 6 heteroatoms. The molecule has 0 aromatic rings. The summed E-state index contributed by atoms with van der Waals surface area (Å²) < 4.78 is 16.5. The summed E-state index contributed by atoms with van der Waals surface area (Å²) in [5.41, 5.74) is 1.25. The minimum Gasteiger partial charge on any atom is -0.469 e. The number of esters is 2. The highest BCUT2D eigenvalue weighted by Gasteiger charge is 2.49. The number of unbranched alkanes of at least 4 members (excludes halogenated alkanes) is 1. The maximum Gasteiger partial charge on any atom is 0.305 e. The molecule has 1 saturated carbocycles. The molecule has 0 radical (unpaired) electrons. The second-order valence-corrected chi connectivity index (χ2v) is 9.35. The fourth-order valence-corrected chi connectivity index (χ4v) is 4.68. The molecular weight excluding hydrogens is 396 g/mol. The van der Waals surface area contributed by atoms with Crippen LogP contribution in [0.5, 0.6) is 0 Å². The highest BCUT2D eigenvalue weighted by molar-refractivity contribution is 5.69. The lowest BCUT2D eigenvalue weighted by Crippen LogP contribution is -2.25. The number of carbonyl (C=O) groups excluding carboxylic acids is 2. The van der Waals surface area contributed by atoms with Gasteiger partial charge in [-0.15, -0.1) is 0 Å². The number of rotatable bonds is 11. The van der Waals surface area contributed by atoms with Crippen LogP contribution in [0, 0.1) is 17.8 Å². The van der Waals surface area contributed by atoms with E-state index < -0.39 is 6.10 Å². The van der Waals surface area contributed by atoms with Gasteiger partial charge >= 0.3 is 11.9 Å². The number of hydrogen-bond acceptors (Lipinski definition) is 6. The Hall–Kier alpha value is -1.66. The minimum atomic E-state index is -0.538. The molecule has 7 atom stereocenters. The summed E-state index contributed by atoms with van der Waals surface area (Å²) in [6.45, 7) is 7.60. The van der Waals surface area contributed by atoms with Crippen LogP contribution in [-0.4, -0.2) is 48.6 Å². The molecule has 0 amide bonds. The number of aliphatic hydroxyl groups is 1. The van der Waals surface area contributed by atoms with Crippen molar-refractivity contribution < 1.29 is 28.9 Å². The molecule has 1 aliphatic heterocycles. The average molecular weight is 437 g/mol. The lowest BCUT2D eigenvalue weighted by Gasteiger charge is -2.22. The zero-order valence-electron chi connectivity index (χ0n) is 19.7. The van der Waals surface area contributed by atoms with Crippen molar-refractivity contribution in [3.05, 3.63) is 23.8 Å². The molecule has 1 unspecified atom stereocenters. The van der Waals surface area contributed by atoms with Crippen LogP contribution in [0.4, 0.5) is 0 Å². The van der Waals surface area contributed by atoms with E-state index in [1.165, 1.54) is 19.6 Å². The van der Waals surface area contributed by atoms with Crippen LogP contribution in [0.15, 0.2) is 23.8 Å². The Morgan fingerprint density at radius 2 is 1.94 bits per heavy atom. The van der Waals surface area contributed by atoms with Crippen molar-refractivity contribution in [2.24, 2.45) is 17.8 Å². The first-order valence-corrected chi connectivity index (χ1v) is 11.6. The van der Waals surface area contributed by atoms with Gasteiger partial charge in [0.05, 0.1) is 25.4 Å². The molecule has 0 aromatic heterocycles. The molecule has 176 valence electrons. The molecule has 0 bridgehead atoms. The number of methoxy groups -OCH3 is 1. The SMILES string of the molecule is COC(=O)CCCC[C@H]1C[C@@H]2[C@@H](C=C[C@@H](O)C(C)CC=C(C)C)[C@H](OC(C)=O)C[C@@H]2O1. The number of fused-ring (bicyclic) bond motifs is 1. The van der Waals surface area contributed by atoms with Crippen molar-refractivity contribution in [3.8, 4) is 0 Å². The molecule has 1 heterocycles. The van der Waals surface area contributed by atoms with E-state index >= 15 is 0 Å². The monoisotopic (exact) mass is 436 g/mol. The number of ether oxygens (including phenoxy) is 3. The van der Waals surface area contributed by atoms with Gasteiger partial charge in [0.1, 0.15) is 6.10 Å². The highest BCUT2D eigenvalue weighted by atomic mass is 16.6. The number of aliphatic hydroxyl groups excluding tert-OH is 1. The Morgan fingerprint density at radius 1 is 1.19 bits per heavy atom. The third-order valence-electron chi connectivity index (χ3n) is 6.48. The van der Waals surface area contributed by atoms with Crippen LogP contribution in [0.3, 0.4) is 0 Å². The summed E-state index contributed by atoms with van der Waals surface area (Å²) in [5.74, 6) is 0.0138. The predicted molar refractivity (Wildman–Crippen MR) is 119 cm³/mol. The van der Waals surface area contributed by atoms with E-state index in [0.717, 1.165) is 32.1 Å². The predicted octanol–water partition coefficient (Wildman–Crippen LogP) is 4.35. The minimum absolute atomic E-state index is 0.0549. The first kappa shape index (κ1) is 25.6. The third kappa shape index (κ3) is 8.08. The van der Waals surface area contributed by atoms with Gasteiger partial charge in [-0.1, -0.05) is 37.1 Å². The molecule has 6 nitrogen and oxygen atoms in total. The van der Waals surface area contributed by atoms with Crippen LogP contribution >= 0.6 is 0 Å². The Balaban J connectivity index is 1.94. The van der Waals surface area contributed by atoms with Crippen molar-refractivity contribution in [2.45, 2.75) is 97.1 Å². The van der Waals surface area contributed by atoms with Gasteiger partial charge in [-0.3, -0.25) is 9.59 Å². The standard InChI is InChI=1S/C25H40O6/c1-16(2)10-11-17(3)22(27)13-12-20-21-14-19(8-6-7-9-25(28)29-5)31-24(21)15-23(20)30-18(4)26/h10,12-13,17,19-24,27H,6-9,11,14-15H2,1-5H3/t17?,19-,20+,21+,22+,23+,24-/m0/s1. The average Bonchev–Trinajstić information content (AvgIpc) is 3.23.